The van der Waals surface area contributed by atoms with E-state index >= 15 is 0 Å². The van der Waals surface area contributed by atoms with Gasteiger partial charge < -0.3 is 4.57 Å². The number of hydrogen-bond donors (Lipinski definition) is 0. The Balaban J connectivity index is 1.17. The number of nitrogens with zero attached hydrogens (tertiary/aromatic N) is 4. The van der Waals surface area contributed by atoms with Crippen LogP contribution in [0.15, 0.2) is 183 Å². The van der Waals surface area contributed by atoms with E-state index in [1.54, 1.807) is 30.9 Å². The summed E-state index contributed by atoms with van der Waals surface area (Å²) in [5.41, 5.74) is 11.9. The Bertz CT molecular complexity index is 2750. The molecule has 6 nitrogen and oxygen atoms in total. The molecule has 0 saturated heterocycles. The van der Waals surface area contributed by atoms with Gasteiger partial charge in [0.05, 0.1) is 33.5 Å². The average Bonchev–Trinajstić information content (AvgIpc) is 3.71. The molecule has 0 bridgehead atoms. The van der Waals surface area contributed by atoms with Gasteiger partial charge in [0, 0.05) is 35.6 Å². The van der Waals surface area contributed by atoms with Crippen molar-refractivity contribution in [2.45, 2.75) is 0 Å². The molecule has 3 aromatic heterocycles. The van der Waals surface area contributed by atoms with Crippen LogP contribution < -0.4 is 4.90 Å². The van der Waals surface area contributed by atoms with Gasteiger partial charge >= 0.3 is 0 Å². The number of carbonyl (C=O) groups is 2. The number of fused-ring (bicyclic) bond motifs is 4. The number of benzene rings is 6. The average molecular weight is 695 g/mol. The van der Waals surface area contributed by atoms with Crippen molar-refractivity contribution in [3.8, 4) is 50.2 Å². The van der Waals surface area contributed by atoms with Crippen LogP contribution in [0.25, 0.3) is 72.0 Å². The molecule has 254 valence electrons. The molecule has 0 fully saturated rings. The van der Waals surface area contributed by atoms with Crippen molar-refractivity contribution in [3.05, 3.63) is 194 Å². The Morgan fingerprint density at radius 3 is 1.41 bits per heavy atom. The summed E-state index contributed by atoms with van der Waals surface area (Å²) in [4.78, 5) is 39.1. The van der Waals surface area contributed by atoms with Crippen LogP contribution in [0.2, 0.25) is 0 Å². The van der Waals surface area contributed by atoms with E-state index in [0.29, 0.717) is 22.5 Å². The largest absolute Gasteiger partial charge is 0.308 e. The van der Waals surface area contributed by atoms with Crippen molar-refractivity contribution in [2.75, 3.05) is 4.90 Å². The lowest BCUT2D eigenvalue weighted by atomic mass is 9.97. The van der Waals surface area contributed by atoms with Gasteiger partial charge in [-0.1, -0.05) is 78.9 Å². The topological polar surface area (TPSA) is 68.1 Å². The smallest absolute Gasteiger partial charge is 0.268 e. The third kappa shape index (κ3) is 5.12. The summed E-state index contributed by atoms with van der Waals surface area (Å²) in [7, 11) is 0. The zero-order valence-electron chi connectivity index (χ0n) is 28.9. The van der Waals surface area contributed by atoms with Gasteiger partial charge in [0.15, 0.2) is 0 Å². The lowest BCUT2D eigenvalue weighted by Gasteiger charge is -2.18. The molecule has 0 unspecified atom stereocenters. The van der Waals surface area contributed by atoms with Crippen LogP contribution in [-0.2, 0) is 0 Å². The highest BCUT2D eigenvalue weighted by molar-refractivity contribution is 6.36. The number of imide groups is 1. The maximum atomic E-state index is 14.8. The number of pyridine rings is 2. The van der Waals surface area contributed by atoms with Crippen molar-refractivity contribution < 1.29 is 9.59 Å². The molecule has 9 aromatic rings. The predicted molar refractivity (Wildman–Crippen MR) is 216 cm³/mol. The number of hydrogen-bond acceptors (Lipinski definition) is 4. The molecule has 1 aliphatic rings. The summed E-state index contributed by atoms with van der Waals surface area (Å²) >= 11 is 0. The Labute approximate surface area is 311 Å². The molecule has 2 amide bonds. The van der Waals surface area contributed by atoms with Crippen LogP contribution in [0.3, 0.4) is 0 Å². The molecule has 0 N–H and O–H groups in total. The molecule has 6 heteroatoms. The minimum Gasteiger partial charge on any atom is -0.308 e. The zero-order valence-corrected chi connectivity index (χ0v) is 28.9. The van der Waals surface area contributed by atoms with Crippen LogP contribution in [0.4, 0.5) is 5.69 Å². The summed E-state index contributed by atoms with van der Waals surface area (Å²) in [5, 5.41) is 2.06. The first-order valence-corrected chi connectivity index (χ1v) is 17.8. The molecule has 0 spiro atoms. The number of anilines is 1. The van der Waals surface area contributed by atoms with E-state index in [1.807, 2.05) is 109 Å². The highest BCUT2D eigenvalue weighted by Crippen LogP contribution is 2.41. The minimum absolute atomic E-state index is 0.346. The van der Waals surface area contributed by atoms with Gasteiger partial charge in [0.25, 0.3) is 11.8 Å². The molecule has 0 radical (unpaired) electrons. The van der Waals surface area contributed by atoms with E-state index < -0.39 is 0 Å². The van der Waals surface area contributed by atoms with Crippen molar-refractivity contribution in [1.29, 1.82) is 0 Å². The fourth-order valence-electron chi connectivity index (χ4n) is 7.75. The maximum absolute atomic E-state index is 14.8. The van der Waals surface area contributed by atoms with Crippen LogP contribution in [0, 0.1) is 0 Å². The van der Waals surface area contributed by atoms with Gasteiger partial charge in [0.1, 0.15) is 0 Å². The van der Waals surface area contributed by atoms with Gasteiger partial charge in [-0.3, -0.25) is 19.6 Å². The van der Waals surface area contributed by atoms with Crippen LogP contribution in [-0.4, -0.2) is 26.3 Å². The van der Waals surface area contributed by atoms with E-state index in [4.69, 9.17) is 0 Å². The molecule has 54 heavy (non-hydrogen) atoms. The van der Waals surface area contributed by atoms with Gasteiger partial charge in [-0.2, -0.15) is 0 Å². The SMILES string of the molecule is O=C1c2cccc(-n3c4ccc(-c5ccncc5)cc4c4cc(-c5ccncc5)ccc43)c2C(=O)N1c1cc(-c2ccccc2)cc(-c2ccccc2)c1. The fourth-order valence-corrected chi connectivity index (χ4v) is 7.75. The summed E-state index contributed by atoms with van der Waals surface area (Å²) in [6.45, 7) is 0. The first-order valence-electron chi connectivity index (χ1n) is 17.8. The van der Waals surface area contributed by atoms with E-state index in [-0.39, 0.29) is 11.8 Å². The third-order valence-electron chi connectivity index (χ3n) is 10.3. The molecule has 0 atom stereocenters. The standard InChI is InChI=1S/C48H30N4O2/c53-47-40-12-7-13-45(46(40)48(54)51(47)39-27-37(31-8-3-1-4-9-31)26-38(28-39)32-10-5-2-6-11-32)52-43-16-14-35(33-18-22-49-23-19-33)29-41(43)42-30-36(15-17-44(42)52)34-20-24-50-25-21-34/h1-30H. The fraction of sp³-hybridized carbons (Fsp3) is 0. The number of rotatable bonds is 6. The minimum atomic E-state index is -0.355. The second-order valence-electron chi connectivity index (χ2n) is 13.4. The van der Waals surface area contributed by atoms with Gasteiger partial charge in [0.2, 0.25) is 0 Å². The van der Waals surface area contributed by atoms with Gasteiger partial charge in [-0.25, -0.2) is 4.90 Å². The van der Waals surface area contributed by atoms with E-state index in [2.05, 4.69) is 57.0 Å². The Morgan fingerprint density at radius 2 is 0.889 bits per heavy atom. The van der Waals surface area contributed by atoms with Crippen molar-refractivity contribution in [3.63, 3.8) is 0 Å². The highest BCUT2D eigenvalue weighted by Gasteiger charge is 2.39. The Hall–Kier alpha value is -7.44. The second-order valence-corrected chi connectivity index (χ2v) is 13.4. The molecule has 4 heterocycles. The number of aromatic nitrogens is 3. The van der Waals surface area contributed by atoms with Crippen LogP contribution in [0.5, 0.6) is 0 Å². The first-order chi connectivity index (χ1) is 26.6. The predicted octanol–water partition coefficient (Wildman–Crippen LogP) is 11.0. The molecular formula is C48H30N4O2. The van der Waals surface area contributed by atoms with E-state index in [9.17, 15) is 9.59 Å². The van der Waals surface area contributed by atoms with E-state index in [1.165, 1.54) is 4.90 Å². The third-order valence-corrected chi connectivity index (χ3v) is 10.3. The van der Waals surface area contributed by atoms with Crippen LogP contribution in [0.1, 0.15) is 20.7 Å². The molecular weight excluding hydrogens is 665 g/mol. The van der Waals surface area contributed by atoms with Gasteiger partial charge in [-0.05, 0) is 123 Å². The monoisotopic (exact) mass is 694 g/mol. The number of amides is 2. The van der Waals surface area contributed by atoms with E-state index in [0.717, 1.165) is 66.3 Å². The molecule has 6 aromatic carbocycles. The lowest BCUT2D eigenvalue weighted by molar-refractivity contribution is 0.0926. The summed E-state index contributed by atoms with van der Waals surface area (Å²) < 4.78 is 2.13. The van der Waals surface area contributed by atoms with Gasteiger partial charge in [-0.15, -0.1) is 0 Å². The number of carbonyl (C=O) groups excluding carboxylic acids is 2. The maximum Gasteiger partial charge on any atom is 0.268 e. The molecule has 0 aliphatic carbocycles. The Kier molecular flexibility index (Phi) is 7.34. The van der Waals surface area contributed by atoms with Crippen molar-refractivity contribution in [1.82, 2.24) is 14.5 Å². The van der Waals surface area contributed by atoms with Crippen molar-refractivity contribution in [2.24, 2.45) is 0 Å². The summed E-state index contributed by atoms with van der Waals surface area (Å²) in [5.74, 6) is -0.701. The second kappa shape index (κ2) is 12.7. The molecule has 0 saturated carbocycles. The highest BCUT2D eigenvalue weighted by atomic mass is 16.2. The Morgan fingerprint density at radius 1 is 0.389 bits per heavy atom. The zero-order chi connectivity index (χ0) is 36.2. The molecule has 10 rings (SSSR count). The molecule has 1 aliphatic heterocycles. The van der Waals surface area contributed by atoms with Crippen molar-refractivity contribution >= 4 is 39.3 Å². The first kappa shape index (κ1) is 31.3. The summed E-state index contributed by atoms with van der Waals surface area (Å²) in [6.07, 6.45) is 7.18. The summed E-state index contributed by atoms with van der Waals surface area (Å²) in [6, 6.07) is 52.4. The quantitative estimate of drug-likeness (QED) is 0.163. The normalized spacial score (nSPS) is 12.5. The van der Waals surface area contributed by atoms with Crippen LogP contribution >= 0.6 is 0 Å². The lowest BCUT2D eigenvalue weighted by Crippen LogP contribution is -2.29.